The Balaban J connectivity index is 1.78. The van der Waals surface area contributed by atoms with Crippen molar-refractivity contribution in [2.45, 2.75) is 0 Å². The van der Waals surface area contributed by atoms with Crippen molar-refractivity contribution in [3.63, 3.8) is 0 Å². The molecule has 25 heavy (non-hydrogen) atoms. The van der Waals surface area contributed by atoms with E-state index in [4.69, 9.17) is 4.98 Å². The predicted octanol–water partition coefficient (Wildman–Crippen LogP) is 4.36. The van der Waals surface area contributed by atoms with Crippen LogP contribution in [-0.2, 0) is 0 Å². The number of hydrogen-bond donors (Lipinski definition) is 0. The van der Waals surface area contributed by atoms with Crippen LogP contribution in [-0.4, -0.2) is 28.2 Å². The van der Waals surface area contributed by atoms with Crippen molar-refractivity contribution in [3.05, 3.63) is 79.3 Å². The van der Waals surface area contributed by atoms with E-state index in [0.717, 1.165) is 23.7 Å². The van der Waals surface area contributed by atoms with Gasteiger partial charge in [0.2, 0.25) is 0 Å². The van der Waals surface area contributed by atoms with Gasteiger partial charge in [-0.3, -0.25) is 4.57 Å². The molecule has 0 amide bonds. The Bertz CT molecular complexity index is 1090. The first-order valence-electron chi connectivity index (χ1n) is 8.41. The average Bonchev–Trinajstić information content (AvgIpc) is 3.23. The van der Waals surface area contributed by atoms with Gasteiger partial charge in [0.15, 0.2) is 0 Å². The molecule has 0 N–H and O–H groups in total. The van der Waals surface area contributed by atoms with Crippen LogP contribution in [0.25, 0.3) is 27.6 Å². The number of fused-ring (bicyclic) bond motifs is 3. The Morgan fingerprint density at radius 1 is 0.840 bits per heavy atom. The molecular weight excluding hydrogens is 308 g/mol. The molecule has 4 nitrogen and oxygen atoms in total. The van der Waals surface area contributed by atoms with Gasteiger partial charge >= 0.3 is 0 Å². The first-order valence-corrected chi connectivity index (χ1v) is 8.41. The third-order valence-corrected chi connectivity index (χ3v) is 4.72. The van der Waals surface area contributed by atoms with Crippen molar-refractivity contribution in [2.24, 2.45) is 0 Å². The van der Waals surface area contributed by atoms with Crippen LogP contribution in [0.2, 0.25) is 0 Å². The molecule has 4 heteroatoms. The SMILES string of the molecule is CN1C=CN(c2cnc3c(c2)c2ccccc2n3-c2ccccc2)C1. The topological polar surface area (TPSA) is 24.3 Å². The summed E-state index contributed by atoms with van der Waals surface area (Å²) in [4.78, 5) is 9.19. The molecule has 1 aliphatic rings. The van der Waals surface area contributed by atoms with Crippen molar-refractivity contribution in [1.82, 2.24) is 14.5 Å². The monoisotopic (exact) mass is 326 g/mol. The van der Waals surface area contributed by atoms with E-state index in [2.05, 4.69) is 88.4 Å². The van der Waals surface area contributed by atoms with Gasteiger partial charge < -0.3 is 9.80 Å². The molecule has 0 radical (unpaired) electrons. The second kappa shape index (κ2) is 5.38. The molecule has 2 aromatic carbocycles. The van der Waals surface area contributed by atoms with E-state index in [1.807, 2.05) is 12.3 Å². The molecule has 0 aliphatic carbocycles. The van der Waals surface area contributed by atoms with Crippen LogP contribution < -0.4 is 4.90 Å². The molecule has 1 aliphatic heterocycles. The first-order chi connectivity index (χ1) is 12.3. The van der Waals surface area contributed by atoms with Gasteiger partial charge in [-0.15, -0.1) is 0 Å². The Morgan fingerprint density at radius 2 is 1.64 bits per heavy atom. The van der Waals surface area contributed by atoms with Crippen LogP contribution >= 0.6 is 0 Å². The fourth-order valence-corrected chi connectivity index (χ4v) is 3.53. The lowest BCUT2D eigenvalue weighted by Crippen LogP contribution is -2.21. The van der Waals surface area contributed by atoms with Crippen molar-refractivity contribution >= 4 is 27.6 Å². The molecule has 5 rings (SSSR count). The second-order valence-electron chi connectivity index (χ2n) is 6.42. The van der Waals surface area contributed by atoms with Crippen molar-refractivity contribution in [3.8, 4) is 5.69 Å². The maximum atomic E-state index is 4.83. The van der Waals surface area contributed by atoms with E-state index in [-0.39, 0.29) is 0 Å². The van der Waals surface area contributed by atoms with Crippen LogP contribution in [0.3, 0.4) is 0 Å². The number of benzene rings is 2. The number of nitrogens with zero attached hydrogens (tertiary/aromatic N) is 4. The van der Waals surface area contributed by atoms with E-state index in [0.29, 0.717) is 0 Å². The zero-order chi connectivity index (χ0) is 16.8. The predicted molar refractivity (Wildman–Crippen MR) is 103 cm³/mol. The molecule has 0 fully saturated rings. The number of aromatic nitrogens is 2. The molecule has 4 aromatic rings. The summed E-state index contributed by atoms with van der Waals surface area (Å²) in [5.74, 6) is 0. The smallest absolute Gasteiger partial charge is 0.145 e. The maximum Gasteiger partial charge on any atom is 0.145 e. The zero-order valence-corrected chi connectivity index (χ0v) is 14.0. The summed E-state index contributed by atoms with van der Waals surface area (Å²) >= 11 is 0. The van der Waals surface area contributed by atoms with E-state index >= 15 is 0 Å². The van der Waals surface area contributed by atoms with Crippen LogP contribution in [0.5, 0.6) is 0 Å². The Hall–Kier alpha value is -3.27. The quantitative estimate of drug-likeness (QED) is 0.547. The highest BCUT2D eigenvalue weighted by atomic mass is 15.3. The van der Waals surface area contributed by atoms with Gasteiger partial charge in [0.1, 0.15) is 5.65 Å². The molecule has 0 atom stereocenters. The number of para-hydroxylation sites is 2. The van der Waals surface area contributed by atoms with Gasteiger partial charge in [0, 0.05) is 35.9 Å². The number of hydrogen-bond acceptors (Lipinski definition) is 3. The third kappa shape index (κ3) is 2.18. The number of rotatable bonds is 2. The lowest BCUT2D eigenvalue weighted by Gasteiger charge is -2.18. The summed E-state index contributed by atoms with van der Waals surface area (Å²) in [6, 6.07) is 21.2. The van der Waals surface area contributed by atoms with Crippen molar-refractivity contribution in [2.75, 3.05) is 18.6 Å². The lowest BCUT2D eigenvalue weighted by molar-refractivity contribution is 0.495. The van der Waals surface area contributed by atoms with Crippen LogP contribution in [0.4, 0.5) is 5.69 Å². The fraction of sp³-hybridized carbons (Fsp3) is 0.0952. The second-order valence-corrected chi connectivity index (χ2v) is 6.42. The average molecular weight is 326 g/mol. The number of pyridine rings is 1. The highest BCUT2D eigenvalue weighted by Crippen LogP contribution is 2.33. The van der Waals surface area contributed by atoms with E-state index in [1.54, 1.807) is 0 Å². The molecule has 2 aromatic heterocycles. The van der Waals surface area contributed by atoms with Gasteiger partial charge in [0.25, 0.3) is 0 Å². The summed E-state index contributed by atoms with van der Waals surface area (Å²) in [6.07, 6.45) is 6.14. The molecular formula is C21H18N4. The van der Waals surface area contributed by atoms with Gasteiger partial charge in [-0.1, -0.05) is 36.4 Å². The maximum absolute atomic E-state index is 4.83. The Labute approximate surface area is 146 Å². The minimum Gasteiger partial charge on any atom is -0.361 e. The minimum absolute atomic E-state index is 0.852. The summed E-state index contributed by atoms with van der Waals surface area (Å²) in [7, 11) is 2.07. The molecule has 122 valence electrons. The summed E-state index contributed by atoms with van der Waals surface area (Å²) in [5, 5.41) is 2.41. The molecule has 0 saturated carbocycles. The largest absolute Gasteiger partial charge is 0.361 e. The van der Waals surface area contributed by atoms with Gasteiger partial charge in [-0.25, -0.2) is 4.98 Å². The molecule has 0 unspecified atom stereocenters. The van der Waals surface area contributed by atoms with Crippen molar-refractivity contribution < 1.29 is 0 Å². The normalized spacial score (nSPS) is 14.1. The van der Waals surface area contributed by atoms with Crippen LogP contribution in [0.1, 0.15) is 0 Å². The summed E-state index contributed by atoms with van der Waals surface area (Å²) in [6.45, 7) is 0.852. The Kier molecular flexibility index (Phi) is 3.04. The minimum atomic E-state index is 0.852. The molecule has 0 spiro atoms. The van der Waals surface area contributed by atoms with Crippen LogP contribution in [0.15, 0.2) is 79.3 Å². The Morgan fingerprint density at radius 3 is 2.44 bits per heavy atom. The van der Waals surface area contributed by atoms with Crippen LogP contribution in [0, 0.1) is 0 Å². The van der Waals surface area contributed by atoms with E-state index < -0.39 is 0 Å². The molecule has 0 bridgehead atoms. The van der Waals surface area contributed by atoms with E-state index in [1.165, 1.54) is 16.3 Å². The standard InChI is InChI=1S/C21H18N4/c1-23-11-12-24(15-23)17-13-19-18-9-5-6-10-20(18)25(21(19)22-14-17)16-7-3-2-4-8-16/h2-14H,15H2,1H3. The summed E-state index contributed by atoms with van der Waals surface area (Å²) in [5.41, 5.74) is 4.42. The molecule has 0 saturated heterocycles. The van der Waals surface area contributed by atoms with Gasteiger partial charge in [-0.05, 0) is 24.3 Å². The first kappa shape index (κ1) is 14.1. The number of anilines is 1. The van der Waals surface area contributed by atoms with Gasteiger partial charge in [0.05, 0.1) is 24.1 Å². The molecule has 3 heterocycles. The zero-order valence-electron chi connectivity index (χ0n) is 14.0. The lowest BCUT2D eigenvalue weighted by atomic mass is 10.2. The fourth-order valence-electron chi connectivity index (χ4n) is 3.53. The van der Waals surface area contributed by atoms with Gasteiger partial charge in [-0.2, -0.15) is 0 Å². The van der Waals surface area contributed by atoms with Crippen molar-refractivity contribution in [1.29, 1.82) is 0 Å². The highest BCUT2D eigenvalue weighted by molar-refractivity contribution is 6.08. The highest BCUT2D eigenvalue weighted by Gasteiger charge is 2.16. The summed E-state index contributed by atoms with van der Waals surface area (Å²) < 4.78 is 2.24. The third-order valence-electron chi connectivity index (χ3n) is 4.72. The van der Waals surface area contributed by atoms with E-state index in [9.17, 15) is 0 Å².